The van der Waals surface area contributed by atoms with Crippen LogP contribution in [-0.4, -0.2) is 56.8 Å². The molecule has 0 unspecified atom stereocenters. The lowest BCUT2D eigenvalue weighted by Gasteiger charge is -2.24. The number of nitro benzene ring substituents is 1. The number of benzene rings is 1. The number of rotatable bonds is 7. The van der Waals surface area contributed by atoms with E-state index in [1.54, 1.807) is 0 Å². The molecular weight excluding hydrogens is 542 g/mol. The lowest BCUT2D eigenvalue weighted by atomic mass is 10.3. The van der Waals surface area contributed by atoms with Crippen LogP contribution < -0.4 is 14.8 Å². The summed E-state index contributed by atoms with van der Waals surface area (Å²) in [6.45, 7) is 0. The predicted molar refractivity (Wildman–Crippen MR) is 89.3 cm³/mol. The van der Waals surface area contributed by atoms with Gasteiger partial charge in [0.05, 0.1) is 4.92 Å². The van der Waals surface area contributed by atoms with E-state index in [0.29, 0.717) is 0 Å². The Balaban J connectivity index is 2.54. The minimum atomic E-state index is -6.17. The molecule has 2 rings (SSSR count). The van der Waals surface area contributed by atoms with E-state index in [2.05, 4.69) is 24.4 Å². The fourth-order valence-corrected chi connectivity index (χ4v) is 2.14. The molecule has 1 heterocycles. The number of nitrogens with one attached hydrogen (secondary N) is 1. The van der Waals surface area contributed by atoms with Crippen LogP contribution in [0.25, 0.3) is 0 Å². The summed E-state index contributed by atoms with van der Waals surface area (Å²) in [5.41, 5.74) is -0.796. The molecule has 200 valence electrons. The van der Waals surface area contributed by atoms with Crippen LogP contribution in [-0.2, 0) is 0 Å². The monoisotopic (exact) mass is 549 g/mol. The Morgan fingerprint density at radius 2 is 1.06 bits per heavy atom. The van der Waals surface area contributed by atoms with Gasteiger partial charge in [0.2, 0.25) is 5.95 Å². The Hall–Kier alpha value is -3.81. The molecule has 36 heavy (non-hydrogen) atoms. The summed E-state index contributed by atoms with van der Waals surface area (Å²) in [4.78, 5) is 18.2. The van der Waals surface area contributed by atoms with Crippen molar-refractivity contribution in [3.8, 4) is 12.0 Å². The first-order valence-electron chi connectivity index (χ1n) is 8.55. The Morgan fingerprint density at radius 3 is 1.36 bits per heavy atom. The second-order valence-corrected chi connectivity index (χ2v) is 6.32. The first kappa shape index (κ1) is 28.4. The fraction of sp³-hybridized carbons (Fsp3) is 0.400. The second-order valence-electron chi connectivity index (χ2n) is 6.32. The van der Waals surface area contributed by atoms with Crippen molar-refractivity contribution in [1.82, 2.24) is 15.0 Å². The molecule has 2 aromatic rings. The third-order valence-electron chi connectivity index (χ3n) is 3.56. The van der Waals surface area contributed by atoms with Gasteiger partial charge < -0.3 is 14.8 Å². The highest BCUT2D eigenvalue weighted by atomic mass is 19.4. The molecule has 0 amide bonds. The molecule has 0 radical (unpaired) electrons. The number of nitrogens with zero attached hydrogens (tertiary/aromatic N) is 4. The van der Waals surface area contributed by atoms with E-state index >= 15 is 0 Å². The Morgan fingerprint density at radius 1 is 0.694 bits per heavy atom. The van der Waals surface area contributed by atoms with Crippen LogP contribution in [0.4, 0.5) is 70.0 Å². The maximum Gasteiger partial charge on any atom is 0.434 e. The van der Waals surface area contributed by atoms with E-state index in [1.165, 1.54) is 0 Å². The smallest absolute Gasteiger partial charge is 0.434 e. The second kappa shape index (κ2) is 9.68. The maximum absolute atomic E-state index is 12.8. The zero-order chi connectivity index (χ0) is 27.7. The molecule has 0 saturated heterocycles. The standard InChI is InChI=1S/C15H7F12N5O4/c16-12(17,18)7(13(19,20)21)35-10-29-9(28-5-1-3-6(4-2-5)32(33)34)30-11(31-10)36-8(14(22,23)24)15(25,26)27/h1-4,7-8H,(H,28,29,30,31). The van der Waals surface area contributed by atoms with Gasteiger partial charge in [-0.05, 0) is 12.1 Å². The first-order valence-corrected chi connectivity index (χ1v) is 8.55. The number of ether oxygens (including phenoxy) is 2. The molecule has 0 atom stereocenters. The number of halogens is 12. The topological polar surface area (TPSA) is 112 Å². The third-order valence-corrected chi connectivity index (χ3v) is 3.56. The van der Waals surface area contributed by atoms with Gasteiger partial charge in [0.1, 0.15) is 0 Å². The Labute approximate surface area is 189 Å². The van der Waals surface area contributed by atoms with Crippen LogP contribution in [0.5, 0.6) is 12.0 Å². The Kier molecular flexibility index (Phi) is 7.64. The molecule has 0 aliphatic carbocycles. The summed E-state index contributed by atoms with van der Waals surface area (Å²) in [7, 11) is 0. The van der Waals surface area contributed by atoms with E-state index in [4.69, 9.17) is 0 Å². The summed E-state index contributed by atoms with van der Waals surface area (Å²) in [5.74, 6) is -1.24. The van der Waals surface area contributed by atoms with Gasteiger partial charge in [-0.25, -0.2) is 0 Å². The summed E-state index contributed by atoms with van der Waals surface area (Å²) < 4.78 is 160. The van der Waals surface area contributed by atoms with Crippen LogP contribution in [0.2, 0.25) is 0 Å². The number of anilines is 2. The van der Waals surface area contributed by atoms with Gasteiger partial charge in [-0.3, -0.25) is 10.1 Å². The molecule has 1 N–H and O–H groups in total. The largest absolute Gasteiger partial charge is 0.440 e. The quantitative estimate of drug-likeness (QED) is 0.283. The van der Waals surface area contributed by atoms with E-state index in [9.17, 15) is 62.8 Å². The highest BCUT2D eigenvalue weighted by Crippen LogP contribution is 2.38. The molecule has 1 aromatic carbocycles. The minimum absolute atomic E-state index is 0.296. The molecule has 0 saturated carbocycles. The highest BCUT2D eigenvalue weighted by Gasteiger charge is 2.61. The molecule has 0 fully saturated rings. The summed E-state index contributed by atoms with van der Waals surface area (Å²) >= 11 is 0. The number of alkyl halides is 12. The number of hydrogen-bond donors (Lipinski definition) is 1. The van der Waals surface area contributed by atoms with Crippen LogP contribution in [0.15, 0.2) is 24.3 Å². The molecule has 0 bridgehead atoms. The summed E-state index contributed by atoms with van der Waals surface area (Å²) in [6.07, 6.45) is -34.0. The van der Waals surface area contributed by atoms with Gasteiger partial charge in [0.15, 0.2) is 0 Å². The van der Waals surface area contributed by atoms with Gasteiger partial charge in [-0.1, -0.05) is 0 Å². The number of hydrogen-bond acceptors (Lipinski definition) is 8. The first-order chi connectivity index (χ1) is 16.2. The van der Waals surface area contributed by atoms with Gasteiger partial charge in [0.25, 0.3) is 17.9 Å². The number of aromatic nitrogens is 3. The molecule has 21 heteroatoms. The molecule has 0 aliphatic rings. The number of nitro groups is 1. The van der Waals surface area contributed by atoms with E-state index in [0.717, 1.165) is 24.3 Å². The zero-order valence-corrected chi connectivity index (χ0v) is 16.4. The molecule has 0 spiro atoms. The average molecular weight is 549 g/mol. The van der Waals surface area contributed by atoms with Crippen molar-refractivity contribution >= 4 is 17.3 Å². The van der Waals surface area contributed by atoms with Gasteiger partial charge in [0, 0.05) is 17.8 Å². The lowest BCUT2D eigenvalue weighted by Crippen LogP contribution is -2.47. The van der Waals surface area contributed by atoms with Crippen molar-refractivity contribution < 1.29 is 67.1 Å². The van der Waals surface area contributed by atoms with Crippen LogP contribution in [0, 0.1) is 10.1 Å². The van der Waals surface area contributed by atoms with E-state index in [1.807, 2.05) is 5.32 Å². The lowest BCUT2D eigenvalue weighted by molar-refractivity contribution is -0.384. The minimum Gasteiger partial charge on any atom is -0.440 e. The summed E-state index contributed by atoms with van der Waals surface area (Å²) in [6, 6.07) is -0.633. The molecule has 0 aliphatic heterocycles. The molecule has 9 nitrogen and oxygen atoms in total. The van der Waals surface area contributed by atoms with Crippen molar-refractivity contribution in [2.45, 2.75) is 36.9 Å². The zero-order valence-electron chi connectivity index (χ0n) is 16.4. The van der Waals surface area contributed by atoms with Crippen LogP contribution in [0.3, 0.4) is 0 Å². The Bertz CT molecular complexity index is 989. The maximum atomic E-state index is 12.8. The van der Waals surface area contributed by atoms with Crippen molar-refractivity contribution in [3.63, 3.8) is 0 Å². The SMILES string of the molecule is O=[N+]([O-])c1ccc(Nc2nc(OC(C(F)(F)F)C(F)(F)F)nc(OC(C(F)(F)F)C(F)(F)F)n2)cc1. The predicted octanol–water partition coefficient (Wildman–Crippen LogP) is 5.27. The van der Waals surface area contributed by atoms with Gasteiger partial charge in [-0.15, -0.1) is 4.98 Å². The average Bonchev–Trinajstić information content (AvgIpc) is 2.67. The third kappa shape index (κ3) is 7.60. The summed E-state index contributed by atoms with van der Waals surface area (Å²) in [5, 5.41) is 12.6. The normalized spacial score (nSPS) is 13.2. The van der Waals surface area contributed by atoms with E-state index < -0.39 is 65.5 Å². The van der Waals surface area contributed by atoms with Crippen molar-refractivity contribution in [2.75, 3.05) is 5.32 Å². The van der Waals surface area contributed by atoms with Crippen molar-refractivity contribution in [1.29, 1.82) is 0 Å². The van der Waals surface area contributed by atoms with Gasteiger partial charge >= 0.3 is 36.7 Å². The number of non-ortho nitro benzene ring substituents is 1. The fourth-order valence-electron chi connectivity index (χ4n) is 2.14. The van der Waals surface area contributed by atoms with Gasteiger partial charge in [-0.2, -0.15) is 62.7 Å². The van der Waals surface area contributed by atoms with Crippen molar-refractivity contribution in [2.24, 2.45) is 0 Å². The highest BCUT2D eigenvalue weighted by molar-refractivity contribution is 5.55. The molecule has 1 aromatic heterocycles. The van der Waals surface area contributed by atoms with Crippen LogP contribution in [0.1, 0.15) is 0 Å². The van der Waals surface area contributed by atoms with Crippen molar-refractivity contribution in [3.05, 3.63) is 34.4 Å². The van der Waals surface area contributed by atoms with E-state index in [-0.39, 0.29) is 5.69 Å². The molecular formula is C15H7F12N5O4. The van der Waals surface area contributed by atoms with Crippen LogP contribution >= 0.6 is 0 Å².